The zero-order chi connectivity index (χ0) is 13.1. The largest absolute Gasteiger partial charge is 0.302 e. The SMILES string of the molecule is CC(CN1CCCCC1)(C1=CCC1)c1ccccc1. The molecule has 1 aromatic carbocycles. The van der Waals surface area contributed by atoms with E-state index < -0.39 is 0 Å². The predicted molar refractivity (Wildman–Crippen MR) is 81.4 cm³/mol. The lowest BCUT2D eigenvalue weighted by Gasteiger charge is -2.42. The molecule has 1 aliphatic heterocycles. The molecule has 0 saturated carbocycles. The van der Waals surface area contributed by atoms with Gasteiger partial charge in [-0.25, -0.2) is 0 Å². The van der Waals surface area contributed by atoms with E-state index in [0.29, 0.717) is 0 Å². The van der Waals surface area contributed by atoms with Crippen LogP contribution < -0.4 is 0 Å². The molecule has 1 aromatic rings. The molecule has 1 unspecified atom stereocenters. The molecule has 1 nitrogen and oxygen atoms in total. The Labute approximate surface area is 117 Å². The van der Waals surface area contributed by atoms with Crippen molar-refractivity contribution in [3.8, 4) is 0 Å². The first kappa shape index (κ1) is 12.9. The van der Waals surface area contributed by atoms with Crippen LogP contribution in [0.15, 0.2) is 42.0 Å². The van der Waals surface area contributed by atoms with Crippen LogP contribution in [0.3, 0.4) is 0 Å². The fraction of sp³-hybridized carbons (Fsp3) is 0.556. The molecule has 1 heteroatoms. The average Bonchev–Trinajstić information content (AvgIpc) is 2.39. The van der Waals surface area contributed by atoms with Gasteiger partial charge >= 0.3 is 0 Å². The van der Waals surface area contributed by atoms with Crippen LogP contribution >= 0.6 is 0 Å². The van der Waals surface area contributed by atoms with Crippen LogP contribution in [0.1, 0.15) is 44.6 Å². The van der Waals surface area contributed by atoms with Crippen molar-refractivity contribution in [1.82, 2.24) is 4.90 Å². The Hall–Kier alpha value is -1.08. The van der Waals surface area contributed by atoms with E-state index in [1.807, 2.05) is 0 Å². The van der Waals surface area contributed by atoms with Gasteiger partial charge in [-0.15, -0.1) is 0 Å². The molecular formula is C18H25N. The van der Waals surface area contributed by atoms with Crippen molar-refractivity contribution in [3.63, 3.8) is 0 Å². The highest BCUT2D eigenvalue weighted by atomic mass is 15.1. The zero-order valence-electron chi connectivity index (χ0n) is 12.1. The van der Waals surface area contributed by atoms with Crippen molar-refractivity contribution in [1.29, 1.82) is 0 Å². The summed E-state index contributed by atoms with van der Waals surface area (Å²) in [6, 6.07) is 11.1. The van der Waals surface area contributed by atoms with E-state index in [0.717, 1.165) is 0 Å². The van der Waals surface area contributed by atoms with Gasteiger partial charge in [0, 0.05) is 12.0 Å². The second-order valence-corrected chi connectivity index (χ2v) is 6.30. The molecule has 1 atom stereocenters. The number of rotatable bonds is 4. The standard InChI is InChI=1S/C18H25N/c1-18(17-11-8-12-17,16-9-4-2-5-10-16)15-19-13-6-3-7-14-19/h2,4-5,9-11H,3,6-8,12-15H2,1H3. The maximum atomic E-state index is 2.68. The molecule has 19 heavy (non-hydrogen) atoms. The summed E-state index contributed by atoms with van der Waals surface area (Å²) in [6.07, 6.45) is 9.20. The monoisotopic (exact) mass is 255 g/mol. The third kappa shape index (κ3) is 2.62. The lowest BCUT2D eigenvalue weighted by molar-refractivity contribution is 0.192. The third-order valence-electron chi connectivity index (χ3n) is 4.91. The minimum Gasteiger partial charge on any atom is -0.302 e. The van der Waals surface area contributed by atoms with E-state index in [4.69, 9.17) is 0 Å². The molecule has 2 aliphatic rings. The van der Waals surface area contributed by atoms with Crippen molar-refractivity contribution in [2.45, 2.75) is 44.4 Å². The van der Waals surface area contributed by atoms with Crippen LogP contribution in [0.25, 0.3) is 0 Å². The Morgan fingerprint density at radius 3 is 2.32 bits per heavy atom. The molecule has 0 aromatic heterocycles. The number of likely N-dealkylation sites (tertiary alicyclic amines) is 1. The molecule has 0 amide bonds. The van der Waals surface area contributed by atoms with Gasteiger partial charge in [0.15, 0.2) is 0 Å². The Morgan fingerprint density at radius 1 is 1.05 bits per heavy atom. The molecule has 0 radical (unpaired) electrons. The molecule has 0 bridgehead atoms. The van der Waals surface area contributed by atoms with Gasteiger partial charge in [0.2, 0.25) is 0 Å². The molecular weight excluding hydrogens is 230 g/mol. The van der Waals surface area contributed by atoms with Gasteiger partial charge in [-0.2, -0.15) is 0 Å². The van der Waals surface area contributed by atoms with E-state index in [1.54, 1.807) is 5.57 Å². The van der Waals surface area contributed by atoms with Crippen LogP contribution in [0.5, 0.6) is 0 Å². The fourth-order valence-electron chi connectivity index (χ4n) is 3.54. The maximum Gasteiger partial charge on any atom is 0.0260 e. The van der Waals surface area contributed by atoms with E-state index >= 15 is 0 Å². The summed E-state index contributed by atoms with van der Waals surface area (Å²) < 4.78 is 0. The molecule has 102 valence electrons. The van der Waals surface area contributed by atoms with Gasteiger partial charge in [-0.3, -0.25) is 0 Å². The molecule has 1 aliphatic carbocycles. The molecule has 0 N–H and O–H groups in total. The van der Waals surface area contributed by atoms with Crippen LogP contribution in [-0.4, -0.2) is 24.5 Å². The van der Waals surface area contributed by atoms with E-state index in [9.17, 15) is 0 Å². The van der Waals surface area contributed by atoms with Gasteiger partial charge in [0.1, 0.15) is 0 Å². The zero-order valence-corrected chi connectivity index (χ0v) is 12.1. The molecule has 1 fully saturated rings. The number of hydrogen-bond acceptors (Lipinski definition) is 1. The first-order valence-corrected chi connectivity index (χ1v) is 7.76. The second-order valence-electron chi connectivity index (χ2n) is 6.30. The molecule has 3 rings (SSSR count). The van der Waals surface area contributed by atoms with Crippen molar-refractivity contribution >= 4 is 0 Å². The second kappa shape index (κ2) is 5.50. The quantitative estimate of drug-likeness (QED) is 0.731. The van der Waals surface area contributed by atoms with Crippen molar-refractivity contribution < 1.29 is 0 Å². The Bertz CT molecular complexity index is 442. The van der Waals surface area contributed by atoms with Crippen LogP contribution in [0, 0.1) is 0 Å². The summed E-state index contributed by atoms with van der Waals surface area (Å²) in [5.74, 6) is 0. The fourth-order valence-corrected chi connectivity index (χ4v) is 3.54. The lowest BCUT2D eigenvalue weighted by atomic mass is 9.69. The van der Waals surface area contributed by atoms with Gasteiger partial charge in [0.25, 0.3) is 0 Å². The Balaban J connectivity index is 1.84. The summed E-state index contributed by atoms with van der Waals surface area (Å²) in [6.45, 7) is 6.22. The first-order chi connectivity index (χ1) is 9.29. The van der Waals surface area contributed by atoms with Gasteiger partial charge < -0.3 is 4.90 Å². The minimum absolute atomic E-state index is 0.233. The van der Waals surface area contributed by atoms with Gasteiger partial charge in [-0.1, -0.05) is 55.3 Å². The van der Waals surface area contributed by atoms with Crippen molar-refractivity contribution in [3.05, 3.63) is 47.5 Å². The van der Waals surface area contributed by atoms with E-state index in [-0.39, 0.29) is 5.41 Å². The highest BCUT2D eigenvalue weighted by Crippen LogP contribution is 2.40. The van der Waals surface area contributed by atoms with E-state index in [1.165, 1.54) is 57.3 Å². The summed E-state index contributed by atoms with van der Waals surface area (Å²) in [5, 5.41) is 0. The highest BCUT2D eigenvalue weighted by Gasteiger charge is 2.35. The Morgan fingerprint density at radius 2 is 1.74 bits per heavy atom. The summed E-state index contributed by atoms with van der Waals surface area (Å²) >= 11 is 0. The predicted octanol–water partition coefficient (Wildman–Crippen LogP) is 4.15. The Kier molecular flexibility index (Phi) is 3.74. The maximum absolute atomic E-state index is 2.68. The molecule has 1 heterocycles. The smallest absolute Gasteiger partial charge is 0.0260 e. The third-order valence-corrected chi connectivity index (χ3v) is 4.91. The number of allylic oxidation sites excluding steroid dienone is 1. The van der Waals surface area contributed by atoms with Gasteiger partial charge in [0.05, 0.1) is 0 Å². The van der Waals surface area contributed by atoms with Crippen LogP contribution in [-0.2, 0) is 5.41 Å². The van der Waals surface area contributed by atoms with Crippen molar-refractivity contribution in [2.24, 2.45) is 0 Å². The normalized spacial score (nSPS) is 23.3. The minimum atomic E-state index is 0.233. The number of piperidine rings is 1. The highest BCUT2D eigenvalue weighted by molar-refractivity contribution is 5.39. The summed E-state index contributed by atoms with van der Waals surface area (Å²) in [5.41, 5.74) is 3.38. The first-order valence-electron chi connectivity index (χ1n) is 7.76. The van der Waals surface area contributed by atoms with Crippen LogP contribution in [0.2, 0.25) is 0 Å². The van der Waals surface area contributed by atoms with Gasteiger partial charge in [-0.05, 0) is 44.3 Å². The molecule has 1 saturated heterocycles. The number of hydrogen-bond donors (Lipinski definition) is 0. The van der Waals surface area contributed by atoms with E-state index in [2.05, 4.69) is 48.2 Å². The topological polar surface area (TPSA) is 3.24 Å². The molecule has 0 spiro atoms. The number of nitrogens with zero attached hydrogens (tertiary/aromatic N) is 1. The average molecular weight is 255 g/mol. The lowest BCUT2D eigenvalue weighted by Crippen LogP contribution is -2.43. The summed E-state index contributed by atoms with van der Waals surface area (Å²) in [4.78, 5) is 2.68. The van der Waals surface area contributed by atoms with Crippen LogP contribution in [0.4, 0.5) is 0 Å². The van der Waals surface area contributed by atoms with Crippen molar-refractivity contribution in [2.75, 3.05) is 19.6 Å². The summed E-state index contributed by atoms with van der Waals surface area (Å²) in [7, 11) is 0. The number of benzene rings is 1.